The second kappa shape index (κ2) is 2.94. The largest absolute Gasteiger partial charge is 0.391 e. The molecule has 2 aliphatic carbocycles. The molecule has 0 bridgehead atoms. The van der Waals surface area contributed by atoms with E-state index in [0.29, 0.717) is 18.4 Å². The monoisotopic (exact) mass is 196 g/mol. The van der Waals surface area contributed by atoms with Crippen LogP contribution in [0.3, 0.4) is 0 Å². The highest BCUT2D eigenvalue weighted by atomic mass is 16.3. The Kier molecular flexibility index (Phi) is 1.82. The molecule has 0 radical (unpaired) electrons. The van der Waals surface area contributed by atoms with Gasteiger partial charge in [0.1, 0.15) is 0 Å². The van der Waals surface area contributed by atoms with Crippen LogP contribution in [-0.4, -0.2) is 47.7 Å². The fourth-order valence-electron chi connectivity index (χ4n) is 2.98. The highest BCUT2D eigenvalue weighted by molar-refractivity contribution is 5.79. The molecule has 14 heavy (non-hydrogen) atoms. The molecule has 0 aromatic carbocycles. The molecule has 78 valence electrons. The maximum absolute atomic E-state index is 11.6. The smallest absolute Gasteiger partial charge is 0.236 e. The van der Waals surface area contributed by atoms with Crippen molar-refractivity contribution in [2.75, 3.05) is 19.6 Å². The van der Waals surface area contributed by atoms with Gasteiger partial charge in [-0.2, -0.15) is 0 Å². The lowest BCUT2D eigenvalue weighted by atomic mass is 10.1. The molecule has 1 amide bonds. The first-order valence-corrected chi connectivity index (χ1v) is 5.45. The van der Waals surface area contributed by atoms with Crippen LogP contribution in [-0.2, 0) is 4.79 Å². The molecule has 3 aliphatic rings. The van der Waals surface area contributed by atoms with Crippen molar-refractivity contribution in [1.82, 2.24) is 10.2 Å². The van der Waals surface area contributed by atoms with Gasteiger partial charge in [0.25, 0.3) is 0 Å². The van der Waals surface area contributed by atoms with Crippen LogP contribution >= 0.6 is 0 Å². The molecular formula is C10H16N2O2. The molecule has 3 rings (SSSR count). The Morgan fingerprint density at radius 2 is 2.29 bits per heavy atom. The zero-order valence-electron chi connectivity index (χ0n) is 8.15. The molecular weight excluding hydrogens is 180 g/mol. The highest BCUT2D eigenvalue weighted by Gasteiger charge is 2.55. The highest BCUT2D eigenvalue weighted by Crippen LogP contribution is 2.53. The van der Waals surface area contributed by atoms with E-state index in [0.717, 1.165) is 19.5 Å². The first kappa shape index (κ1) is 8.68. The number of piperazine rings is 1. The Morgan fingerprint density at radius 3 is 2.93 bits per heavy atom. The third-order valence-electron chi connectivity index (χ3n) is 3.88. The molecule has 1 saturated heterocycles. The van der Waals surface area contributed by atoms with Crippen LogP contribution in [0.2, 0.25) is 0 Å². The fourth-order valence-corrected chi connectivity index (χ4v) is 2.98. The Balaban J connectivity index is 1.72. The van der Waals surface area contributed by atoms with Crippen molar-refractivity contribution in [3.8, 4) is 0 Å². The number of nitrogens with one attached hydrogen (secondary N) is 1. The Morgan fingerprint density at radius 1 is 1.43 bits per heavy atom. The zero-order chi connectivity index (χ0) is 9.71. The molecule has 4 atom stereocenters. The third kappa shape index (κ3) is 1.17. The van der Waals surface area contributed by atoms with Crippen LogP contribution in [0.25, 0.3) is 0 Å². The Labute approximate surface area is 83.3 Å². The van der Waals surface area contributed by atoms with E-state index in [4.69, 9.17) is 0 Å². The van der Waals surface area contributed by atoms with Gasteiger partial charge < -0.3 is 15.3 Å². The predicted molar refractivity (Wildman–Crippen MR) is 50.6 cm³/mol. The van der Waals surface area contributed by atoms with E-state index in [1.807, 2.05) is 4.90 Å². The topological polar surface area (TPSA) is 52.6 Å². The first-order chi connectivity index (χ1) is 6.77. The van der Waals surface area contributed by atoms with Gasteiger partial charge in [0.05, 0.1) is 18.7 Å². The summed E-state index contributed by atoms with van der Waals surface area (Å²) in [5.74, 6) is 1.36. The minimum atomic E-state index is -0.248. The van der Waals surface area contributed by atoms with Gasteiger partial charge in [-0.15, -0.1) is 0 Å². The number of carbonyl (C=O) groups is 1. The number of fused-ring (bicyclic) bond motifs is 1. The summed E-state index contributed by atoms with van der Waals surface area (Å²) in [5.41, 5.74) is 0. The fraction of sp³-hybridized carbons (Fsp3) is 0.900. The van der Waals surface area contributed by atoms with E-state index in [9.17, 15) is 9.90 Å². The average Bonchev–Trinajstić information content (AvgIpc) is 2.88. The van der Waals surface area contributed by atoms with E-state index in [-0.39, 0.29) is 18.1 Å². The van der Waals surface area contributed by atoms with E-state index < -0.39 is 0 Å². The maximum Gasteiger partial charge on any atom is 0.236 e. The van der Waals surface area contributed by atoms with Crippen LogP contribution in [0.4, 0.5) is 0 Å². The molecule has 4 heteroatoms. The quantitative estimate of drug-likeness (QED) is 0.576. The number of aliphatic hydroxyl groups is 1. The summed E-state index contributed by atoms with van der Waals surface area (Å²) >= 11 is 0. The van der Waals surface area contributed by atoms with Crippen molar-refractivity contribution in [2.24, 2.45) is 11.8 Å². The van der Waals surface area contributed by atoms with Crippen LogP contribution in [0, 0.1) is 11.8 Å². The van der Waals surface area contributed by atoms with Crippen molar-refractivity contribution < 1.29 is 9.90 Å². The van der Waals surface area contributed by atoms with Crippen molar-refractivity contribution >= 4 is 5.91 Å². The lowest BCUT2D eigenvalue weighted by Gasteiger charge is -2.35. The lowest BCUT2D eigenvalue weighted by Crippen LogP contribution is -2.55. The number of rotatable bonds is 1. The first-order valence-electron chi connectivity index (χ1n) is 5.45. The van der Waals surface area contributed by atoms with Gasteiger partial charge >= 0.3 is 0 Å². The summed E-state index contributed by atoms with van der Waals surface area (Å²) < 4.78 is 0. The van der Waals surface area contributed by atoms with Crippen molar-refractivity contribution in [1.29, 1.82) is 0 Å². The molecule has 0 aromatic heterocycles. The van der Waals surface area contributed by atoms with Crippen molar-refractivity contribution in [3.05, 3.63) is 0 Å². The maximum atomic E-state index is 11.6. The predicted octanol–water partition coefficient (Wildman–Crippen LogP) is -0.812. The van der Waals surface area contributed by atoms with Gasteiger partial charge in [0.15, 0.2) is 0 Å². The molecule has 4 nitrogen and oxygen atoms in total. The summed E-state index contributed by atoms with van der Waals surface area (Å²) in [6, 6.07) is 0.119. The van der Waals surface area contributed by atoms with Gasteiger partial charge in [-0.05, 0) is 24.7 Å². The second-order valence-corrected chi connectivity index (χ2v) is 4.72. The molecule has 1 heterocycles. The summed E-state index contributed by atoms with van der Waals surface area (Å²) in [5, 5.41) is 13.0. The number of aliphatic hydroxyl groups excluding tert-OH is 1. The number of hydrogen-bond acceptors (Lipinski definition) is 3. The molecule has 2 saturated carbocycles. The van der Waals surface area contributed by atoms with Gasteiger partial charge in [-0.3, -0.25) is 4.79 Å². The van der Waals surface area contributed by atoms with Crippen molar-refractivity contribution in [3.63, 3.8) is 0 Å². The molecule has 0 spiro atoms. The van der Waals surface area contributed by atoms with Gasteiger partial charge in [0.2, 0.25) is 5.91 Å². The molecule has 1 aliphatic heterocycles. The van der Waals surface area contributed by atoms with Crippen LogP contribution in [0.1, 0.15) is 12.8 Å². The van der Waals surface area contributed by atoms with Crippen LogP contribution < -0.4 is 5.32 Å². The average molecular weight is 196 g/mol. The number of amides is 1. The number of nitrogens with zero attached hydrogens (tertiary/aromatic N) is 1. The van der Waals surface area contributed by atoms with Crippen molar-refractivity contribution in [2.45, 2.75) is 25.0 Å². The lowest BCUT2D eigenvalue weighted by molar-refractivity contribution is -0.136. The van der Waals surface area contributed by atoms with E-state index in [2.05, 4.69) is 5.32 Å². The zero-order valence-corrected chi connectivity index (χ0v) is 8.15. The van der Waals surface area contributed by atoms with Gasteiger partial charge in [-0.25, -0.2) is 0 Å². The van der Waals surface area contributed by atoms with Gasteiger partial charge in [-0.1, -0.05) is 0 Å². The Hall–Kier alpha value is -0.610. The number of hydrogen-bond donors (Lipinski definition) is 2. The molecule has 0 aromatic rings. The van der Waals surface area contributed by atoms with E-state index in [1.165, 1.54) is 6.42 Å². The molecule has 3 fully saturated rings. The second-order valence-electron chi connectivity index (χ2n) is 4.72. The Bertz CT molecular complexity index is 269. The van der Waals surface area contributed by atoms with E-state index in [1.54, 1.807) is 0 Å². The molecule has 2 N–H and O–H groups in total. The summed E-state index contributed by atoms with van der Waals surface area (Å²) in [6.07, 6.45) is 1.96. The third-order valence-corrected chi connectivity index (χ3v) is 3.88. The summed E-state index contributed by atoms with van der Waals surface area (Å²) in [6.45, 7) is 2.07. The molecule has 0 unspecified atom stereocenters. The normalized spacial score (nSPS) is 46.6. The summed E-state index contributed by atoms with van der Waals surface area (Å²) in [7, 11) is 0. The standard InChI is InChI=1S/C10H16N2O2/c13-9-5-11-1-2-12(9)8-4-6-3-7(6)10(8)14/h6-8,10-11,14H,1-5H2/t6-,7-,8-,10+/m0/s1. The minimum Gasteiger partial charge on any atom is -0.391 e. The number of carbonyl (C=O) groups excluding carboxylic acids is 1. The van der Waals surface area contributed by atoms with Crippen LogP contribution in [0.5, 0.6) is 0 Å². The SMILES string of the molecule is O=C1CNCCN1[C@H]1C[C@@H]2C[C@@H]2[C@H]1O. The van der Waals surface area contributed by atoms with E-state index >= 15 is 0 Å². The van der Waals surface area contributed by atoms with Crippen LogP contribution in [0.15, 0.2) is 0 Å². The summed E-state index contributed by atoms with van der Waals surface area (Å²) in [4.78, 5) is 13.5. The van der Waals surface area contributed by atoms with Gasteiger partial charge in [0, 0.05) is 13.1 Å². The minimum absolute atomic E-state index is 0.119.